The lowest BCUT2D eigenvalue weighted by atomic mass is 9.96. The predicted molar refractivity (Wildman–Crippen MR) is 236 cm³/mol. The maximum atomic E-state index is 6.44. The summed E-state index contributed by atoms with van der Waals surface area (Å²) in [6.07, 6.45) is 0. The number of fused-ring (bicyclic) bond motifs is 10. The fourth-order valence-electron chi connectivity index (χ4n) is 8.45. The fourth-order valence-corrected chi connectivity index (χ4v) is 9.65. The summed E-state index contributed by atoms with van der Waals surface area (Å²) in [7, 11) is 0. The van der Waals surface area contributed by atoms with E-state index in [2.05, 4.69) is 144 Å². The van der Waals surface area contributed by atoms with E-state index in [0.29, 0.717) is 17.5 Å². The summed E-state index contributed by atoms with van der Waals surface area (Å²) in [5.41, 5.74) is 10.2. The number of aromatic nitrogens is 4. The van der Waals surface area contributed by atoms with Crippen LogP contribution in [-0.4, -0.2) is 19.5 Å². The van der Waals surface area contributed by atoms with E-state index in [0.717, 1.165) is 71.0 Å². The monoisotopic (exact) mass is 746 g/mol. The van der Waals surface area contributed by atoms with Gasteiger partial charge in [0.05, 0.1) is 11.0 Å². The molecule has 12 aromatic rings. The van der Waals surface area contributed by atoms with Crippen molar-refractivity contribution in [2.24, 2.45) is 0 Å². The van der Waals surface area contributed by atoms with Crippen molar-refractivity contribution in [1.29, 1.82) is 0 Å². The van der Waals surface area contributed by atoms with Gasteiger partial charge >= 0.3 is 0 Å². The number of hydrogen-bond donors (Lipinski definition) is 0. The molecule has 0 fully saturated rings. The van der Waals surface area contributed by atoms with Crippen LogP contribution in [0.5, 0.6) is 0 Å². The van der Waals surface area contributed by atoms with Crippen LogP contribution in [-0.2, 0) is 0 Å². The lowest BCUT2D eigenvalue weighted by Crippen LogP contribution is -2.00. The van der Waals surface area contributed by atoms with Gasteiger partial charge in [0.2, 0.25) is 0 Å². The number of para-hydroxylation sites is 3. The molecule has 266 valence electrons. The Balaban J connectivity index is 1.19. The molecule has 0 unspecified atom stereocenters. The molecule has 0 atom stereocenters. The Morgan fingerprint density at radius 1 is 0.404 bits per heavy atom. The number of furan rings is 1. The summed E-state index contributed by atoms with van der Waals surface area (Å²) in [4.78, 5) is 15.5. The highest BCUT2D eigenvalue weighted by molar-refractivity contribution is 7.26. The Morgan fingerprint density at radius 2 is 1.04 bits per heavy atom. The molecule has 4 aromatic heterocycles. The van der Waals surface area contributed by atoms with Crippen LogP contribution in [0.25, 0.3) is 115 Å². The number of rotatable bonds is 5. The molecule has 57 heavy (non-hydrogen) atoms. The molecule has 0 amide bonds. The molecule has 0 aliphatic carbocycles. The molecule has 0 aliphatic rings. The smallest absolute Gasteiger partial charge is 0.165 e. The average molecular weight is 747 g/mol. The van der Waals surface area contributed by atoms with E-state index in [1.54, 1.807) is 11.3 Å². The van der Waals surface area contributed by atoms with Gasteiger partial charge in [0.25, 0.3) is 0 Å². The van der Waals surface area contributed by atoms with Crippen molar-refractivity contribution in [2.75, 3.05) is 0 Å². The van der Waals surface area contributed by atoms with E-state index in [4.69, 9.17) is 19.4 Å². The SMILES string of the molecule is c1ccc(-c2nc(-c3ccccc3)nc(-c3cc(-c4ccc5c6ccccc6n(-c6ccccc6)c5c4)cc4c3sc3ccc5oc6ccccc6c5c34)n2)cc1. The molecule has 0 bridgehead atoms. The van der Waals surface area contributed by atoms with Crippen LogP contribution in [0.2, 0.25) is 0 Å². The minimum atomic E-state index is 0.633. The van der Waals surface area contributed by atoms with Gasteiger partial charge in [-0.15, -0.1) is 11.3 Å². The van der Waals surface area contributed by atoms with Gasteiger partial charge in [-0.1, -0.05) is 127 Å². The number of benzene rings is 8. The third kappa shape index (κ3) is 5.04. The zero-order valence-corrected chi connectivity index (χ0v) is 31.2. The molecule has 6 heteroatoms. The van der Waals surface area contributed by atoms with Gasteiger partial charge < -0.3 is 8.98 Å². The second-order valence-electron chi connectivity index (χ2n) is 14.4. The van der Waals surface area contributed by atoms with Crippen LogP contribution in [0.4, 0.5) is 0 Å². The topological polar surface area (TPSA) is 56.7 Å². The summed E-state index contributed by atoms with van der Waals surface area (Å²) in [6.45, 7) is 0. The highest BCUT2D eigenvalue weighted by Crippen LogP contribution is 2.47. The molecule has 0 saturated carbocycles. The van der Waals surface area contributed by atoms with E-state index in [9.17, 15) is 0 Å². The van der Waals surface area contributed by atoms with E-state index >= 15 is 0 Å². The molecular weight excluding hydrogens is 717 g/mol. The summed E-state index contributed by atoms with van der Waals surface area (Å²) in [5.74, 6) is 1.90. The first kappa shape index (κ1) is 31.9. The van der Waals surface area contributed by atoms with Gasteiger partial charge in [0, 0.05) is 64.1 Å². The number of hydrogen-bond acceptors (Lipinski definition) is 5. The van der Waals surface area contributed by atoms with Crippen LogP contribution in [0.15, 0.2) is 186 Å². The summed E-state index contributed by atoms with van der Waals surface area (Å²) < 4.78 is 11.1. The molecule has 0 spiro atoms. The lowest BCUT2D eigenvalue weighted by Gasteiger charge is -2.12. The Kier molecular flexibility index (Phi) is 7.03. The van der Waals surface area contributed by atoms with Crippen molar-refractivity contribution >= 4 is 75.3 Å². The minimum absolute atomic E-state index is 0.633. The molecule has 5 nitrogen and oxygen atoms in total. The normalized spacial score (nSPS) is 11.9. The van der Waals surface area contributed by atoms with Gasteiger partial charge in [-0.25, -0.2) is 15.0 Å². The third-order valence-electron chi connectivity index (χ3n) is 11.0. The first-order valence-corrected chi connectivity index (χ1v) is 19.8. The second kappa shape index (κ2) is 12.6. The van der Waals surface area contributed by atoms with Crippen LogP contribution in [0.1, 0.15) is 0 Å². The van der Waals surface area contributed by atoms with Crippen molar-refractivity contribution < 1.29 is 4.42 Å². The Hall–Kier alpha value is -7.41. The van der Waals surface area contributed by atoms with Gasteiger partial charge in [-0.3, -0.25) is 0 Å². The quantitative estimate of drug-likeness (QED) is 0.176. The van der Waals surface area contributed by atoms with Crippen molar-refractivity contribution in [3.8, 4) is 51.0 Å². The molecule has 12 rings (SSSR count). The van der Waals surface area contributed by atoms with E-state index < -0.39 is 0 Å². The lowest BCUT2D eigenvalue weighted by molar-refractivity contribution is 0.669. The first-order valence-electron chi connectivity index (χ1n) is 19.0. The molecule has 0 radical (unpaired) electrons. The molecular formula is C51H30N4OS. The molecule has 0 aliphatic heterocycles. The van der Waals surface area contributed by atoms with Crippen molar-refractivity contribution in [3.05, 3.63) is 182 Å². The largest absolute Gasteiger partial charge is 0.456 e. The van der Waals surface area contributed by atoms with Crippen LogP contribution < -0.4 is 0 Å². The van der Waals surface area contributed by atoms with Gasteiger partial charge in [-0.05, 0) is 65.7 Å². The number of nitrogens with zero attached hydrogens (tertiary/aromatic N) is 4. The van der Waals surface area contributed by atoms with Crippen LogP contribution in [0, 0.1) is 0 Å². The Labute approximate surface area is 330 Å². The summed E-state index contributed by atoms with van der Waals surface area (Å²) in [6, 6.07) is 63.8. The highest BCUT2D eigenvalue weighted by Gasteiger charge is 2.22. The summed E-state index contributed by atoms with van der Waals surface area (Å²) in [5, 5.41) is 7.00. The van der Waals surface area contributed by atoms with Crippen LogP contribution in [0.3, 0.4) is 0 Å². The van der Waals surface area contributed by atoms with E-state index in [1.165, 1.54) is 26.4 Å². The highest BCUT2D eigenvalue weighted by atomic mass is 32.1. The Bertz CT molecular complexity index is 3460. The molecule has 8 aromatic carbocycles. The van der Waals surface area contributed by atoms with Crippen molar-refractivity contribution in [1.82, 2.24) is 19.5 Å². The maximum absolute atomic E-state index is 6.44. The van der Waals surface area contributed by atoms with Gasteiger partial charge in [-0.2, -0.15) is 0 Å². The molecule has 0 N–H and O–H groups in total. The number of thiophene rings is 1. The molecule has 0 saturated heterocycles. The zero-order valence-electron chi connectivity index (χ0n) is 30.4. The first-order chi connectivity index (χ1) is 28.2. The van der Waals surface area contributed by atoms with Crippen LogP contribution >= 0.6 is 11.3 Å². The standard InChI is InChI=1S/C51H30N4OS/c1-4-14-31(15-5-1)49-52-50(32-16-6-2-7-17-32)54-51(53-49)40-29-34(28-39-47-45(57-48(39)40)27-26-44-46(47)38-21-11-13-23-43(38)56-44)33-24-25-37-36-20-10-12-22-41(36)55(42(37)30-33)35-18-8-3-9-19-35/h1-30H. The second-order valence-corrected chi connectivity index (χ2v) is 15.4. The summed E-state index contributed by atoms with van der Waals surface area (Å²) >= 11 is 1.78. The zero-order chi connectivity index (χ0) is 37.5. The van der Waals surface area contributed by atoms with Crippen molar-refractivity contribution in [2.45, 2.75) is 0 Å². The Morgan fingerprint density at radius 3 is 1.79 bits per heavy atom. The van der Waals surface area contributed by atoms with Gasteiger partial charge in [0.15, 0.2) is 17.5 Å². The van der Waals surface area contributed by atoms with E-state index in [1.807, 2.05) is 42.5 Å². The maximum Gasteiger partial charge on any atom is 0.165 e. The average Bonchev–Trinajstić information content (AvgIpc) is 3.96. The predicted octanol–water partition coefficient (Wildman–Crippen LogP) is 13.9. The fraction of sp³-hybridized carbons (Fsp3) is 0. The van der Waals surface area contributed by atoms with E-state index in [-0.39, 0.29) is 0 Å². The van der Waals surface area contributed by atoms with Gasteiger partial charge in [0.1, 0.15) is 11.2 Å². The molecule has 4 heterocycles. The minimum Gasteiger partial charge on any atom is -0.456 e. The third-order valence-corrected chi connectivity index (χ3v) is 12.2. The van der Waals surface area contributed by atoms with Crippen molar-refractivity contribution in [3.63, 3.8) is 0 Å².